The van der Waals surface area contributed by atoms with E-state index in [2.05, 4.69) is 36.1 Å². The Morgan fingerprint density at radius 2 is 1.71 bits per heavy atom. The van der Waals surface area contributed by atoms with Gasteiger partial charge in [0.15, 0.2) is 5.82 Å². The second-order valence-corrected chi connectivity index (χ2v) is 11.0. The SMILES string of the molecule is Cc1cc(C(=O)O)cc(C(=O)NC(C)(C)C)c1NC(=O)c1cc(Cn2nnc(C(F)(F)C(F)(F)F)n2)nn1-c1ncccc1Cl. The van der Waals surface area contributed by atoms with Gasteiger partial charge < -0.3 is 15.7 Å². The molecule has 3 aromatic heterocycles. The van der Waals surface area contributed by atoms with E-state index in [-0.39, 0.29) is 44.6 Å². The maximum absolute atomic E-state index is 13.7. The molecular formula is C26H23ClF5N9O4. The summed E-state index contributed by atoms with van der Waals surface area (Å²) < 4.78 is 66.6. The highest BCUT2D eigenvalue weighted by atomic mass is 35.5. The molecule has 45 heavy (non-hydrogen) atoms. The van der Waals surface area contributed by atoms with Crippen molar-refractivity contribution in [1.29, 1.82) is 0 Å². The van der Waals surface area contributed by atoms with Crippen molar-refractivity contribution in [1.82, 2.24) is 40.3 Å². The highest BCUT2D eigenvalue weighted by Crippen LogP contribution is 2.41. The number of rotatable bonds is 8. The molecule has 1 aromatic carbocycles. The third kappa shape index (κ3) is 7.05. The fourth-order valence-electron chi connectivity index (χ4n) is 3.91. The summed E-state index contributed by atoms with van der Waals surface area (Å²) in [5, 5.41) is 28.2. The lowest BCUT2D eigenvalue weighted by atomic mass is 10.0. The predicted molar refractivity (Wildman–Crippen MR) is 147 cm³/mol. The van der Waals surface area contributed by atoms with E-state index in [0.29, 0.717) is 4.80 Å². The van der Waals surface area contributed by atoms with Gasteiger partial charge in [0.2, 0.25) is 0 Å². The van der Waals surface area contributed by atoms with E-state index >= 15 is 0 Å². The quantitative estimate of drug-likeness (QED) is 0.233. The van der Waals surface area contributed by atoms with Crippen molar-refractivity contribution in [3.05, 3.63) is 75.5 Å². The molecule has 0 bridgehead atoms. The molecular weight excluding hydrogens is 633 g/mol. The molecule has 3 N–H and O–H groups in total. The molecule has 4 rings (SSSR count). The molecule has 19 heteroatoms. The number of carboxylic acids is 1. The number of aromatic carboxylic acids is 1. The minimum atomic E-state index is -5.97. The van der Waals surface area contributed by atoms with E-state index in [9.17, 15) is 41.4 Å². The standard InChI is InChI=1S/C26H23ClF5N9O4/c1-12-8-13(22(44)45)9-15(20(42)35-24(2,3)4)18(12)34-21(43)17-10-14(37-41(17)19-16(27)6-5-7-33-19)11-40-38-23(36-39-40)25(28,29)26(30,31)32/h5-10H,11H2,1-4H3,(H,34,43)(H,35,42)(H,44,45). The summed E-state index contributed by atoms with van der Waals surface area (Å²) >= 11 is 6.27. The number of nitrogens with zero attached hydrogens (tertiary/aromatic N) is 7. The van der Waals surface area contributed by atoms with Crippen LogP contribution in [0.5, 0.6) is 0 Å². The minimum Gasteiger partial charge on any atom is -0.478 e. The molecule has 0 radical (unpaired) electrons. The van der Waals surface area contributed by atoms with Crippen molar-refractivity contribution >= 4 is 35.1 Å². The van der Waals surface area contributed by atoms with E-state index in [0.717, 1.165) is 16.8 Å². The molecule has 238 valence electrons. The van der Waals surface area contributed by atoms with Gasteiger partial charge in [-0.05, 0) is 68.8 Å². The Labute approximate surface area is 255 Å². The Balaban J connectivity index is 1.76. The normalized spacial score (nSPS) is 12.2. The number of pyridine rings is 1. The van der Waals surface area contributed by atoms with E-state index in [1.165, 1.54) is 31.3 Å². The van der Waals surface area contributed by atoms with Gasteiger partial charge in [-0.25, -0.2) is 14.5 Å². The first kappa shape index (κ1) is 32.9. The van der Waals surface area contributed by atoms with E-state index < -0.39 is 47.8 Å². The van der Waals surface area contributed by atoms with Gasteiger partial charge in [-0.3, -0.25) is 9.59 Å². The average Bonchev–Trinajstić information content (AvgIpc) is 3.56. The largest absolute Gasteiger partial charge is 0.478 e. The lowest BCUT2D eigenvalue weighted by Crippen LogP contribution is -2.41. The van der Waals surface area contributed by atoms with Gasteiger partial charge in [-0.15, -0.1) is 10.2 Å². The third-order valence-electron chi connectivity index (χ3n) is 5.88. The van der Waals surface area contributed by atoms with Gasteiger partial charge >= 0.3 is 18.1 Å². The molecule has 0 saturated carbocycles. The van der Waals surface area contributed by atoms with Crippen molar-refractivity contribution in [3.8, 4) is 5.82 Å². The van der Waals surface area contributed by atoms with Gasteiger partial charge in [0, 0.05) is 11.7 Å². The second kappa shape index (κ2) is 11.8. The third-order valence-corrected chi connectivity index (χ3v) is 6.17. The maximum Gasteiger partial charge on any atom is 0.461 e. The van der Waals surface area contributed by atoms with Gasteiger partial charge in [0.05, 0.1) is 27.5 Å². The lowest BCUT2D eigenvalue weighted by molar-refractivity contribution is -0.292. The van der Waals surface area contributed by atoms with E-state index in [4.69, 9.17) is 11.6 Å². The summed E-state index contributed by atoms with van der Waals surface area (Å²) in [5.41, 5.74) is -1.30. The molecule has 3 heterocycles. The summed E-state index contributed by atoms with van der Waals surface area (Å²) in [5.74, 6) is -10.2. The first-order valence-corrected chi connectivity index (χ1v) is 13.1. The molecule has 0 aliphatic rings. The number of carboxylic acid groups (broad SMARTS) is 1. The Morgan fingerprint density at radius 1 is 1.02 bits per heavy atom. The fraction of sp³-hybridized carbons (Fsp3) is 0.308. The van der Waals surface area contributed by atoms with E-state index in [1.54, 1.807) is 20.8 Å². The summed E-state index contributed by atoms with van der Waals surface area (Å²) in [6, 6.07) is 6.40. The molecule has 0 fully saturated rings. The average molecular weight is 656 g/mol. The number of anilines is 1. The maximum atomic E-state index is 13.7. The Kier molecular flexibility index (Phi) is 8.65. The van der Waals surface area contributed by atoms with Gasteiger partial charge in [-0.2, -0.15) is 31.8 Å². The smallest absolute Gasteiger partial charge is 0.461 e. The molecule has 0 spiro atoms. The molecule has 0 unspecified atom stereocenters. The number of nitrogens with one attached hydrogen (secondary N) is 2. The van der Waals surface area contributed by atoms with Crippen LogP contribution in [-0.2, 0) is 12.5 Å². The van der Waals surface area contributed by atoms with Crippen LogP contribution in [-0.4, -0.2) is 69.6 Å². The number of hydrogen-bond donors (Lipinski definition) is 3. The van der Waals surface area contributed by atoms with Gasteiger partial charge in [0.1, 0.15) is 12.2 Å². The summed E-state index contributed by atoms with van der Waals surface area (Å²) in [6.45, 7) is 5.96. The molecule has 0 aliphatic heterocycles. The summed E-state index contributed by atoms with van der Waals surface area (Å²) in [6.07, 6.45) is -4.63. The first-order valence-electron chi connectivity index (χ1n) is 12.7. The number of alkyl halides is 5. The van der Waals surface area contributed by atoms with Crippen molar-refractivity contribution < 1.29 is 41.4 Å². The molecule has 0 atom stereocenters. The van der Waals surface area contributed by atoms with Crippen molar-refractivity contribution in [3.63, 3.8) is 0 Å². The Hall–Kier alpha value is -5.00. The van der Waals surface area contributed by atoms with Crippen molar-refractivity contribution in [2.45, 2.75) is 51.9 Å². The highest BCUT2D eigenvalue weighted by Gasteiger charge is 2.62. The number of aromatic nitrogens is 7. The van der Waals surface area contributed by atoms with Gasteiger partial charge in [0.25, 0.3) is 17.6 Å². The summed E-state index contributed by atoms with van der Waals surface area (Å²) in [7, 11) is 0. The number of carbonyl (C=O) groups excluding carboxylic acids is 2. The zero-order chi connectivity index (χ0) is 33.5. The number of aryl methyl sites for hydroxylation is 1. The van der Waals surface area contributed by atoms with Crippen LogP contribution >= 0.6 is 11.6 Å². The second-order valence-electron chi connectivity index (χ2n) is 10.6. The summed E-state index contributed by atoms with van der Waals surface area (Å²) in [4.78, 5) is 43.1. The first-order chi connectivity index (χ1) is 20.8. The van der Waals surface area contributed by atoms with Crippen molar-refractivity contribution in [2.75, 3.05) is 5.32 Å². The van der Waals surface area contributed by atoms with Crippen LogP contribution in [0.1, 0.15) is 69.1 Å². The van der Waals surface area contributed by atoms with Crippen LogP contribution in [0.4, 0.5) is 27.6 Å². The van der Waals surface area contributed by atoms with Crippen LogP contribution in [0.2, 0.25) is 5.02 Å². The van der Waals surface area contributed by atoms with Gasteiger partial charge in [-0.1, -0.05) is 11.6 Å². The van der Waals surface area contributed by atoms with Crippen molar-refractivity contribution in [2.24, 2.45) is 0 Å². The van der Waals surface area contributed by atoms with Crippen LogP contribution in [0.25, 0.3) is 5.82 Å². The molecule has 4 aromatic rings. The highest BCUT2D eigenvalue weighted by molar-refractivity contribution is 6.32. The van der Waals surface area contributed by atoms with Crippen LogP contribution < -0.4 is 10.6 Å². The topological polar surface area (TPSA) is 170 Å². The lowest BCUT2D eigenvalue weighted by Gasteiger charge is -2.22. The van der Waals surface area contributed by atoms with E-state index in [1.807, 2.05) is 0 Å². The monoisotopic (exact) mass is 655 g/mol. The number of benzene rings is 1. The zero-order valence-corrected chi connectivity index (χ0v) is 24.5. The number of carbonyl (C=O) groups is 3. The molecule has 0 saturated heterocycles. The molecule has 2 amide bonds. The zero-order valence-electron chi connectivity index (χ0n) is 23.7. The number of hydrogen-bond acceptors (Lipinski definition) is 8. The minimum absolute atomic E-state index is 0.0272. The Morgan fingerprint density at radius 3 is 2.31 bits per heavy atom. The van der Waals surface area contributed by atoms with Crippen LogP contribution in [0.15, 0.2) is 36.5 Å². The van der Waals surface area contributed by atoms with Crippen LogP contribution in [0, 0.1) is 6.92 Å². The molecule has 13 nitrogen and oxygen atoms in total. The number of tetrazole rings is 1. The Bertz CT molecular complexity index is 1800. The van der Waals surface area contributed by atoms with Crippen LogP contribution in [0.3, 0.4) is 0 Å². The molecule has 0 aliphatic carbocycles. The fourth-order valence-corrected chi connectivity index (χ4v) is 4.11. The predicted octanol–water partition coefficient (Wildman–Crippen LogP) is 4.40. The number of halogens is 6. The number of amides is 2.